The molecule has 0 unspecified atom stereocenters. The molecule has 1 fully saturated rings. The summed E-state index contributed by atoms with van der Waals surface area (Å²) in [5.74, 6) is -1.45. The molecule has 6 heteroatoms. The molecule has 1 amide bonds. The molecule has 1 N–H and O–H groups in total. The zero-order chi connectivity index (χ0) is 12.5. The number of ketones is 1. The lowest BCUT2D eigenvalue weighted by Gasteiger charge is -2.26. The van der Waals surface area contributed by atoms with Crippen LogP contribution in [-0.4, -0.2) is 46.0 Å². The Balaban J connectivity index is 2.75. The second-order valence-corrected chi connectivity index (χ2v) is 4.71. The van der Waals surface area contributed by atoms with Crippen molar-refractivity contribution in [2.75, 3.05) is 6.54 Å². The van der Waals surface area contributed by atoms with Crippen LogP contribution in [-0.2, 0) is 14.3 Å². The van der Waals surface area contributed by atoms with Crippen LogP contribution >= 0.6 is 0 Å². The van der Waals surface area contributed by atoms with Crippen LogP contribution in [0.3, 0.4) is 0 Å². The Hall–Kier alpha value is -1.59. The van der Waals surface area contributed by atoms with Gasteiger partial charge in [-0.2, -0.15) is 0 Å². The second-order valence-electron chi connectivity index (χ2n) is 4.71. The Morgan fingerprint density at radius 3 is 2.44 bits per heavy atom. The van der Waals surface area contributed by atoms with Gasteiger partial charge in [-0.1, -0.05) is 0 Å². The number of carbonyl (C=O) groups is 3. The minimum Gasteiger partial charge on any atom is -0.480 e. The van der Waals surface area contributed by atoms with E-state index in [1.165, 1.54) is 0 Å². The molecule has 1 heterocycles. The minimum atomic E-state index is -1.18. The molecular weight excluding hydrogens is 214 g/mol. The number of rotatable bonds is 1. The van der Waals surface area contributed by atoms with Gasteiger partial charge in [0.1, 0.15) is 11.6 Å². The lowest BCUT2D eigenvalue weighted by Crippen LogP contribution is -2.43. The van der Waals surface area contributed by atoms with Crippen molar-refractivity contribution >= 4 is 17.8 Å². The first-order chi connectivity index (χ1) is 7.20. The summed E-state index contributed by atoms with van der Waals surface area (Å²) >= 11 is 0. The van der Waals surface area contributed by atoms with Crippen molar-refractivity contribution in [3.05, 3.63) is 0 Å². The van der Waals surface area contributed by atoms with Gasteiger partial charge in [0.2, 0.25) is 0 Å². The molecule has 1 atom stereocenters. The first-order valence-corrected chi connectivity index (χ1v) is 4.95. The van der Waals surface area contributed by atoms with Crippen LogP contribution in [0.2, 0.25) is 0 Å². The summed E-state index contributed by atoms with van der Waals surface area (Å²) < 4.78 is 5.02. The maximum Gasteiger partial charge on any atom is 0.411 e. The number of ether oxygens (including phenoxy) is 1. The number of hydrogen-bond acceptors (Lipinski definition) is 4. The van der Waals surface area contributed by atoms with Crippen molar-refractivity contribution in [2.24, 2.45) is 0 Å². The Morgan fingerprint density at radius 2 is 2.00 bits per heavy atom. The average molecular weight is 229 g/mol. The molecule has 0 bridgehead atoms. The van der Waals surface area contributed by atoms with E-state index in [0.717, 1.165) is 4.90 Å². The Labute approximate surface area is 93.2 Å². The molecular formula is C10H15NO5. The molecule has 0 saturated carbocycles. The summed E-state index contributed by atoms with van der Waals surface area (Å²) in [4.78, 5) is 34.5. The molecule has 0 aromatic carbocycles. The van der Waals surface area contributed by atoms with Gasteiger partial charge in [-0.05, 0) is 20.8 Å². The van der Waals surface area contributed by atoms with E-state index in [1.54, 1.807) is 20.8 Å². The van der Waals surface area contributed by atoms with Crippen LogP contribution in [0.4, 0.5) is 4.79 Å². The van der Waals surface area contributed by atoms with Crippen molar-refractivity contribution in [3.8, 4) is 0 Å². The second kappa shape index (κ2) is 4.11. The molecule has 0 radical (unpaired) electrons. The zero-order valence-corrected chi connectivity index (χ0v) is 9.52. The minimum absolute atomic E-state index is 0.144. The molecule has 90 valence electrons. The SMILES string of the molecule is CC(C)(C)OC(=O)N1CC(=O)C[C@@H]1C(=O)O. The van der Waals surface area contributed by atoms with Crippen molar-refractivity contribution < 1.29 is 24.2 Å². The summed E-state index contributed by atoms with van der Waals surface area (Å²) in [7, 11) is 0. The molecule has 1 saturated heterocycles. The van der Waals surface area contributed by atoms with E-state index in [0.29, 0.717) is 0 Å². The highest BCUT2D eigenvalue weighted by Gasteiger charge is 2.40. The van der Waals surface area contributed by atoms with E-state index in [9.17, 15) is 14.4 Å². The van der Waals surface area contributed by atoms with Crippen LogP contribution in [0, 0.1) is 0 Å². The molecule has 0 aromatic rings. The summed E-state index contributed by atoms with van der Waals surface area (Å²) in [6.07, 6.45) is -0.903. The molecule has 6 nitrogen and oxygen atoms in total. The maximum atomic E-state index is 11.6. The van der Waals surface area contributed by atoms with E-state index in [4.69, 9.17) is 9.84 Å². The number of nitrogens with zero attached hydrogens (tertiary/aromatic N) is 1. The number of Topliss-reactive ketones (excluding diaryl/α,β-unsaturated/α-hetero) is 1. The summed E-state index contributed by atoms with van der Waals surface area (Å²) in [6.45, 7) is 4.85. The number of carboxylic acid groups (broad SMARTS) is 1. The third-order valence-corrected chi connectivity index (χ3v) is 2.06. The molecule has 0 aliphatic carbocycles. The Kier molecular flexibility index (Phi) is 3.21. The highest BCUT2D eigenvalue weighted by molar-refractivity contribution is 5.95. The van der Waals surface area contributed by atoms with Gasteiger partial charge in [-0.3, -0.25) is 9.69 Å². The monoisotopic (exact) mass is 229 g/mol. The smallest absolute Gasteiger partial charge is 0.411 e. The fourth-order valence-electron chi connectivity index (χ4n) is 1.42. The molecule has 1 aliphatic rings. The first kappa shape index (κ1) is 12.5. The predicted octanol–water partition coefficient (Wildman–Crippen LogP) is 0.650. The van der Waals surface area contributed by atoms with Crippen LogP contribution in [0.5, 0.6) is 0 Å². The Morgan fingerprint density at radius 1 is 1.44 bits per heavy atom. The normalized spacial score (nSPS) is 21.1. The topological polar surface area (TPSA) is 83.9 Å². The average Bonchev–Trinajstić information content (AvgIpc) is 2.44. The van der Waals surface area contributed by atoms with Gasteiger partial charge in [-0.25, -0.2) is 9.59 Å². The lowest BCUT2D eigenvalue weighted by molar-refractivity contribution is -0.142. The number of carbonyl (C=O) groups excluding carboxylic acids is 2. The Bertz CT molecular complexity index is 331. The largest absolute Gasteiger partial charge is 0.480 e. The molecule has 0 aromatic heterocycles. The number of carboxylic acids is 1. The van der Waals surface area contributed by atoms with Gasteiger partial charge >= 0.3 is 12.1 Å². The van der Waals surface area contributed by atoms with Crippen molar-refractivity contribution in [1.82, 2.24) is 4.90 Å². The van der Waals surface area contributed by atoms with Gasteiger partial charge in [0, 0.05) is 6.42 Å². The summed E-state index contributed by atoms with van der Waals surface area (Å²) in [6, 6.07) is -1.10. The molecule has 16 heavy (non-hydrogen) atoms. The number of likely N-dealkylation sites (tertiary alicyclic amines) is 1. The quantitative estimate of drug-likeness (QED) is 0.713. The first-order valence-electron chi connectivity index (χ1n) is 4.95. The van der Waals surface area contributed by atoms with Gasteiger partial charge in [-0.15, -0.1) is 0 Å². The van der Waals surface area contributed by atoms with E-state index in [-0.39, 0.29) is 18.7 Å². The van der Waals surface area contributed by atoms with Gasteiger partial charge in [0.25, 0.3) is 0 Å². The van der Waals surface area contributed by atoms with E-state index in [2.05, 4.69) is 0 Å². The lowest BCUT2D eigenvalue weighted by atomic mass is 10.2. The van der Waals surface area contributed by atoms with Crippen molar-refractivity contribution in [3.63, 3.8) is 0 Å². The molecule has 0 spiro atoms. The van der Waals surface area contributed by atoms with E-state index < -0.39 is 23.7 Å². The molecule has 1 aliphatic heterocycles. The van der Waals surface area contributed by atoms with E-state index in [1.807, 2.05) is 0 Å². The number of aliphatic carboxylic acids is 1. The van der Waals surface area contributed by atoms with Crippen molar-refractivity contribution in [1.29, 1.82) is 0 Å². The van der Waals surface area contributed by atoms with Gasteiger partial charge in [0.15, 0.2) is 5.78 Å². The molecule has 1 rings (SSSR count). The van der Waals surface area contributed by atoms with Crippen molar-refractivity contribution in [2.45, 2.75) is 38.8 Å². The third kappa shape index (κ3) is 2.95. The van der Waals surface area contributed by atoms with Crippen LogP contribution in [0.1, 0.15) is 27.2 Å². The zero-order valence-electron chi connectivity index (χ0n) is 9.52. The van der Waals surface area contributed by atoms with Gasteiger partial charge < -0.3 is 9.84 Å². The van der Waals surface area contributed by atoms with Gasteiger partial charge in [0.05, 0.1) is 6.54 Å². The van der Waals surface area contributed by atoms with Crippen LogP contribution < -0.4 is 0 Å². The standard InChI is InChI=1S/C10H15NO5/c1-10(2,3)16-9(15)11-5-6(12)4-7(11)8(13)14/h7H,4-5H2,1-3H3,(H,13,14)/t7-/m1/s1. The fraction of sp³-hybridized carbons (Fsp3) is 0.700. The summed E-state index contributed by atoms with van der Waals surface area (Å²) in [5.41, 5.74) is -0.703. The summed E-state index contributed by atoms with van der Waals surface area (Å²) in [5, 5.41) is 8.85. The predicted molar refractivity (Wildman–Crippen MR) is 54.0 cm³/mol. The fourth-order valence-corrected chi connectivity index (χ4v) is 1.42. The highest BCUT2D eigenvalue weighted by Crippen LogP contribution is 2.18. The third-order valence-electron chi connectivity index (χ3n) is 2.06. The van der Waals surface area contributed by atoms with Crippen LogP contribution in [0.15, 0.2) is 0 Å². The van der Waals surface area contributed by atoms with Crippen LogP contribution in [0.25, 0.3) is 0 Å². The van der Waals surface area contributed by atoms with E-state index >= 15 is 0 Å². The maximum absolute atomic E-state index is 11.6. The number of hydrogen-bond donors (Lipinski definition) is 1. The highest BCUT2D eigenvalue weighted by atomic mass is 16.6. The number of amides is 1.